The minimum absolute atomic E-state index is 0.0774. The Morgan fingerprint density at radius 3 is 2.83 bits per heavy atom. The van der Waals surface area contributed by atoms with Crippen LogP contribution in [-0.2, 0) is 0 Å². The molecule has 2 amide bonds. The van der Waals surface area contributed by atoms with Crippen LogP contribution in [0, 0.1) is 12.8 Å². The summed E-state index contributed by atoms with van der Waals surface area (Å²) in [6.07, 6.45) is 3.57. The number of aromatic nitrogens is 2. The fourth-order valence-electron chi connectivity index (χ4n) is 5.24. The maximum Gasteiger partial charge on any atom is 0.274 e. The summed E-state index contributed by atoms with van der Waals surface area (Å²) < 4.78 is 0. The molecule has 3 N–H and O–H groups in total. The van der Waals surface area contributed by atoms with Gasteiger partial charge in [0.2, 0.25) is 0 Å². The molecule has 176 valence electrons. The number of anilines is 1. The van der Waals surface area contributed by atoms with Gasteiger partial charge in [0, 0.05) is 24.2 Å². The fourth-order valence-corrected chi connectivity index (χ4v) is 6.06. The molecule has 35 heavy (non-hydrogen) atoms. The summed E-state index contributed by atoms with van der Waals surface area (Å²) in [5.41, 5.74) is 9.73. The fraction of sp³-hybridized carbons (Fsp3) is 0.259. The molecule has 2 aromatic heterocycles. The van der Waals surface area contributed by atoms with Crippen LogP contribution in [-0.4, -0.2) is 45.3 Å². The summed E-state index contributed by atoms with van der Waals surface area (Å²) in [4.78, 5) is 38.4. The number of piperidine rings is 1. The zero-order valence-electron chi connectivity index (χ0n) is 19.3. The minimum atomic E-state index is -0.180. The SMILES string of the molecule is Cc1cccc(-c2sc(N)nc2C(=O)N2[C@H](CNC(=O)c3cccc4cccnc34)C[C@@H]3C[C@@H]32)c1. The van der Waals surface area contributed by atoms with E-state index in [9.17, 15) is 9.59 Å². The van der Waals surface area contributed by atoms with Gasteiger partial charge in [0.1, 0.15) is 5.69 Å². The molecule has 3 atom stereocenters. The van der Waals surface area contributed by atoms with Gasteiger partial charge in [0.15, 0.2) is 5.13 Å². The number of carbonyl (C=O) groups excluding carboxylic acids is 2. The topological polar surface area (TPSA) is 101 Å². The van der Waals surface area contributed by atoms with Crippen molar-refractivity contribution in [3.8, 4) is 10.4 Å². The number of para-hydroxylation sites is 1. The third-order valence-corrected chi connectivity index (χ3v) is 7.88. The second-order valence-electron chi connectivity index (χ2n) is 9.36. The highest BCUT2D eigenvalue weighted by Crippen LogP contribution is 2.49. The van der Waals surface area contributed by atoms with Gasteiger partial charge < -0.3 is 16.0 Å². The van der Waals surface area contributed by atoms with Crippen LogP contribution in [0.4, 0.5) is 5.13 Å². The molecule has 0 unspecified atom stereocenters. The van der Waals surface area contributed by atoms with E-state index in [1.54, 1.807) is 12.3 Å². The quantitative estimate of drug-likeness (QED) is 0.441. The third kappa shape index (κ3) is 3.93. The number of nitrogen functional groups attached to an aromatic ring is 1. The van der Waals surface area contributed by atoms with Crippen molar-refractivity contribution < 1.29 is 9.59 Å². The standard InChI is InChI=1S/C27H25N5O2S/c1-15-5-2-7-17(11-15)24-23(31-27(28)35-24)26(34)32-19(12-18-13-21(18)32)14-30-25(33)20-9-3-6-16-8-4-10-29-22(16)20/h2-11,18-19,21H,12-14H2,1H3,(H2,28,31)(H,30,33)/t18-,19+,21+/m1/s1. The van der Waals surface area contributed by atoms with Gasteiger partial charge >= 0.3 is 0 Å². The average Bonchev–Trinajstić information content (AvgIpc) is 3.35. The molecule has 1 saturated heterocycles. The highest BCUT2D eigenvalue weighted by molar-refractivity contribution is 7.19. The van der Waals surface area contributed by atoms with Crippen molar-refractivity contribution >= 4 is 39.2 Å². The number of benzene rings is 2. The summed E-state index contributed by atoms with van der Waals surface area (Å²) in [6.45, 7) is 2.41. The van der Waals surface area contributed by atoms with E-state index in [1.807, 2.05) is 60.4 Å². The van der Waals surface area contributed by atoms with Gasteiger partial charge in [-0.1, -0.05) is 59.4 Å². The molecule has 2 aromatic carbocycles. The van der Waals surface area contributed by atoms with Gasteiger partial charge in [-0.3, -0.25) is 14.6 Å². The van der Waals surface area contributed by atoms with Crippen molar-refractivity contribution in [2.24, 2.45) is 5.92 Å². The van der Waals surface area contributed by atoms with E-state index in [-0.39, 0.29) is 23.9 Å². The maximum atomic E-state index is 13.8. The highest BCUT2D eigenvalue weighted by atomic mass is 32.1. The number of fused-ring (bicyclic) bond motifs is 2. The van der Waals surface area contributed by atoms with Crippen LogP contribution in [0.1, 0.15) is 39.3 Å². The normalized spacial score (nSPS) is 20.6. The van der Waals surface area contributed by atoms with Gasteiger partial charge in [-0.05, 0) is 43.4 Å². The molecular weight excluding hydrogens is 458 g/mol. The van der Waals surface area contributed by atoms with Crippen molar-refractivity contribution in [3.05, 3.63) is 77.6 Å². The average molecular weight is 484 g/mol. The second-order valence-corrected chi connectivity index (χ2v) is 10.4. The number of amides is 2. The number of nitrogens with two attached hydrogens (primary N) is 1. The zero-order valence-corrected chi connectivity index (χ0v) is 20.1. The molecule has 2 aliphatic rings. The lowest BCUT2D eigenvalue weighted by Crippen LogP contribution is -2.45. The molecule has 1 aliphatic heterocycles. The van der Waals surface area contributed by atoms with Crippen molar-refractivity contribution in [2.75, 3.05) is 12.3 Å². The van der Waals surface area contributed by atoms with Crippen LogP contribution in [0.3, 0.4) is 0 Å². The Balaban J connectivity index is 1.23. The summed E-state index contributed by atoms with van der Waals surface area (Å²) in [6, 6.07) is 17.5. The molecule has 6 rings (SSSR count). The Morgan fingerprint density at radius 2 is 1.97 bits per heavy atom. The van der Waals surface area contributed by atoms with E-state index in [1.165, 1.54) is 11.3 Å². The smallest absolute Gasteiger partial charge is 0.274 e. The van der Waals surface area contributed by atoms with E-state index in [2.05, 4.69) is 15.3 Å². The Kier molecular flexibility index (Phi) is 5.25. The first-order chi connectivity index (χ1) is 17.0. The molecule has 0 bridgehead atoms. The predicted molar refractivity (Wildman–Crippen MR) is 137 cm³/mol. The first kappa shape index (κ1) is 21.7. The summed E-state index contributed by atoms with van der Waals surface area (Å²) >= 11 is 1.34. The van der Waals surface area contributed by atoms with Crippen LogP contribution in [0.5, 0.6) is 0 Å². The van der Waals surface area contributed by atoms with E-state index in [0.29, 0.717) is 34.4 Å². The number of hydrogen-bond donors (Lipinski definition) is 2. The molecule has 4 aromatic rings. The van der Waals surface area contributed by atoms with E-state index >= 15 is 0 Å². The lowest BCUT2D eigenvalue weighted by molar-refractivity contribution is 0.0685. The van der Waals surface area contributed by atoms with Crippen LogP contribution in [0.15, 0.2) is 60.8 Å². The van der Waals surface area contributed by atoms with Gasteiger partial charge in [-0.25, -0.2) is 4.98 Å². The van der Waals surface area contributed by atoms with E-state index < -0.39 is 0 Å². The number of carbonyl (C=O) groups is 2. The molecule has 0 radical (unpaired) electrons. The molecule has 0 spiro atoms. The van der Waals surface area contributed by atoms with Gasteiger partial charge in [-0.15, -0.1) is 0 Å². The third-order valence-electron chi connectivity index (χ3n) is 6.95. The Morgan fingerprint density at radius 1 is 1.14 bits per heavy atom. The molecule has 1 aliphatic carbocycles. The molecule has 2 fully saturated rings. The number of aryl methyl sites for hydroxylation is 1. The summed E-state index contributed by atoms with van der Waals surface area (Å²) in [5, 5.41) is 4.35. The van der Waals surface area contributed by atoms with Crippen molar-refractivity contribution in [1.29, 1.82) is 0 Å². The van der Waals surface area contributed by atoms with Crippen molar-refractivity contribution in [2.45, 2.75) is 31.8 Å². The lowest BCUT2D eigenvalue weighted by Gasteiger charge is -2.27. The van der Waals surface area contributed by atoms with Crippen LogP contribution < -0.4 is 11.1 Å². The number of pyridine rings is 1. The Hall–Kier alpha value is -3.78. The number of nitrogens with zero attached hydrogens (tertiary/aromatic N) is 3. The number of hydrogen-bond acceptors (Lipinski definition) is 6. The Bertz CT molecular complexity index is 1460. The number of likely N-dealkylation sites (tertiary alicyclic amines) is 1. The number of nitrogens with one attached hydrogen (secondary N) is 1. The largest absolute Gasteiger partial charge is 0.375 e. The molecular formula is C27H25N5O2S. The van der Waals surface area contributed by atoms with Gasteiger partial charge in [0.05, 0.1) is 22.0 Å². The summed E-state index contributed by atoms with van der Waals surface area (Å²) in [5.74, 6) is 0.199. The Labute approximate surface area is 207 Å². The number of thiazole rings is 1. The van der Waals surface area contributed by atoms with Crippen molar-refractivity contribution in [3.63, 3.8) is 0 Å². The van der Waals surface area contributed by atoms with Gasteiger partial charge in [0.25, 0.3) is 11.8 Å². The zero-order chi connectivity index (χ0) is 24.1. The minimum Gasteiger partial charge on any atom is -0.375 e. The van der Waals surface area contributed by atoms with Crippen LogP contribution in [0.25, 0.3) is 21.3 Å². The first-order valence-electron chi connectivity index (χ1n) is 11.8. The maximum absolute atomic E-state index is 13.8. The molecule has 8 heteroatoms. The van der Waals surface area contributed by atoms with E-state index in [0.717, 1.165) is 34.2 Å². The number of rotatable bonds is 5. The van der Waals surface area contributed by atoms with Gasteiger partial charge in [-0.2, -0.15) is 0 Å². The lowest BCUT2D eigenvalue weighted by atomic mass is 10.1. The van der Waals surface area contributed by atoms with Crippen LogP contribution >= 0.6 is 11.3 Å². The first-order valence-corrected chi connectivity index (χ1v) is 12.6. The highest BCUT2D eigenvalue weighted by Gasteiger charge is 2.54. The summed E-state index contributed by atoms with van der Waals surface area (Å²) in [7, 11) is 0. The monoisotopic (exact) mass is 483 g/mol. The predicted octanol–water partition coefficient (Wildman–Crippen LogP) is 4.28. The van der Waals surface area contributed by atoms with E-state index in [4.69, 9.17) is 5.73 Å². The molecule has 1 saturated carbocycles. The van der Waals surface area contributed by atoms with Crippen LogP contribution in [0.2, 0.25) is 0 Å². The molecule has 7 nitrogen and oxygen atoms in total. The van der Waals surface area contributed by atoms with Crippen molar-refractivity contribution in [1.82, 2.24) is 20.2 Å². The molecule has 3 heterocycles. The second kappa shape index (κ2) is 8.46.